The van der Waals surface area contributed by atoms with Gasteiger partial charge in [-0.05, 0) is 55.1 Å². The molecule has 3 aliphatic heterocycles. The van der Waals surface area contributed by atoms with Crippen molar-refractivity contribution in [2.24, 2.45) is 0 Å². The number of piperidine rings is 1. The smallest absolute Gasteiger partial charge is 0.124 e. The van der Waals surface area contributed by atoms with Crippen LogP contribution in [0.25, 0.3) is 0 Å². The molecule has 2 aromatic carbocycles. The van der Waals surface area contributed by atoms with Crippen molar-refractivity contribution in [1.29, 1.82) is 0 Å². The van der Waals surface area contributed by atoms with Crippen molar-refractivity contribution < 1.29 is 9.84 Å². The number of hydrogen-bond acceptors (Lipinski definition) is 5. The summed E-state index contributed by atoms with van der Waals surface area (Å²) in [5.41, 5.74) is 5.45. The minimum Gasteiger partial charge on any atom is -0.492 e. The zero-order valence-electron chi connectivity index (χ0n) is 19.2. The van der Waals surface area contributed by atoms with Crippen molar-refractivity contribution in [2.45, 2.75) is 51.4 Å². The van der Waals surface area contributed by atoms with E-state index in [-0.39, 0.29) is 6.10 Å². The quantitative estimate of drug-likeness (QED) is 0.754. The van der Waals surface area contributed by atoms with Crippen LogP contribution < -0.4 is 4.74 Å². The average Bonchev–Trinajstić information content (AvgIpc) is 3.01. The molecule has 0 aromatic heterocycles. The van der Waals surface area contributed by atoms with Crippen LogP contribution in [-0.4, -0.2) is 71.8 Å². The SMILES string of the molecule is O[C@H](CN1CCc2ccccc2C1)CN1CCOc2cc(CN3CCCCC3)ccc2C1. The fourth-order valence-electron chi connectivity index (χ4n) is 5.46. The van der Waals surface area contributed by atoms with E-state index in [1.54, 1.807) is 0 Å². The fraction of sp³-hybridized carbons (Fsp3) is 0.556. The van der Waals surface area contributed by atoms with Gasteiger partial charge in [0.05, 0.1) is 6.10 Å². The molecule has 0 spiro atoms. The van der Waals surface area contributed by atoms with Gasteiger partial charge in [0.2, 0.25) is 0 Å². The molecule has 5 nitrogen and oxygen atoms in total. The Morgan fingerprint density at radius 2 is 1.53 bits per heavy atom. The van der Waals surface area contributed by atoms with Gasteiger partial charge in [-0.2, -0.15) is 0 Å². The second-order valence-electron chi connectivity index (χ2n) is 9.77. The Morgan fingerprint density at radius 3 is 2.38 bits per heavy atom. The first kappa shape index (κ1) is 21.9. The minimum atomic E-state index is -0.347. The summed E-state index contributed by atoms with van der Waals surface area (Å²) in [6, 6.07) is 15.4. The number of nitrogens with zero attached hydrogens (tertiary/aromatic N) is 3. The molecule has 2 aromatic rings. The Balaban J connectivity index is 1.15. The second kappa shape index (κ2) is 10.3. The number of ether oxygens (including phenoxy) is 1. The van der Waals surface area contributed by atoms with Crippen LogP contribution in [0, 0.1) is 0 Å². The number of rotatable bonds is 6. The maximum atomic E-state index is 10.8. The van der Waals surface area contributed by atoms with Gasteiger partial charge in [0.1, 0.15) is 12.4 Å². The van der Waals surface area contributed by atoms with Crippen LogP contribution in [0.1, 0.15) is 41.5 Å². The highest BCUT2D eigenvalue weighted by molar-refractivity contribution is 5.38. The molecule has 1 N–H and O–H groups in total. The minimum absolute atomic E-state index is 0.347. The Kier molecular flexibility index (Phi) is 7.08. The van der Waals surface area contributed by atoms with Crippen LogP contribution >= 0.6 is 0 Å². The molecule has 3 aliphatic rings. The molecule has 0 unspecified atom stereocenters. The van der Waals surface area contributed by atoms with Crippen LogP contribution in [0.15, 0.2) is 42.5 Å². The largest absolute Gasteiger partial charge is 0.492 e. The van der Waals surface area contributed by atoms with Gasteiger partial charge in [0.25, 0.3) is 0 Å². The molecule has 0 aliphatic carbocycles. The van der Waals surface area contributed by atoms with Gasteiger partial charge in [-0.3, -0.25) is 14.7 Å². The second-order valence-corrected chi connectivity index (χ2v) is 9.77. The lowest BCUT2D eigenvalue weighted by Crippen LogP contribution is -2.42. The number of fused-ring (bicyclic) bond motifs is 2. The van der Waals surface area contributed by atoms with Gasteiger partial charge in [-0.15, -0.1) is 0 Å². The van der Waals surface area contributed by atoms with E-state index in [2.05, 4.69) is 57.2 Å². The first-order chi connectivity index (χ1) is 15.7. The van der Waals surface area contributed by atoms with E-state index in [0.717, 1.165) is 51.4 Å². The van der Waals surface area contributed by atoms with Gasteiger partial charge >= 0.3 is 0 Å². The summed E-state index contributed by atoms with van der Waals surface area (Å²) in [4.78, 5) is 7.30. The maximum Gasteiger partial charge on any atom is 0.124 e. The zero-order chi connectivity index (χ0) is 21.8. The van der Waals surface area contributed by atoms with E-state index in [4.69, 9.17) is 4.74 Å². The molecule has 1 saturated heterocycles. The van der Waals surface area contributed by atoms with Crippen LogP contribution in [-0.2, 0) is 26.1 Å². The lowest BCUT2D eigenvalue weighted by atomic mass is 10.00. The van der Waals surface area contributed by atoms with E-state index in [0.29, 0.717) is 13.2 Å². The lowest BCUT2D eigenvalue weighted by Gasteiger charge is -2.32. The van der Waals surface area contributed by atoms with Crippen molar-refractivity contribution in [3.8, 4) is 5.75 Å². The van der Waals surface area contributed by atoms with Gasteiger partial charge in [0.15, 0.2) is 0 Å². The van der Waals surface area contributed by atoms with E-state index in [1.807, 2.05) is 0 Å². The highest BCUT2D eigenvalue weighted by atomic mass is 16.5. The summed E-state index contributed by atoms with van der Waals surface area (Å²) in [6.07, 6.45) is 4.75. The Hall–Kier alpha value is -1.92. The number of aliphatic hydroxyl groups is 1. The van der Waals surface area contributed by atoms with E-state index in [9.17, 15) is 5.11 Å². The highest BCUT2D eigenvalue weighted by Crippen LogP contribution is 2.26. The van der Waals surface area contributed by atoms with Crippen molar-refractivity contribution in [1.82, 2.24) is 14.7 Å². The van der Waals surface area contributed by atoms with Crippen molar-refractivity contribution >= 4 is 0 Å². The lowest BCUT2D eigenvalue weighted by molar-refractivity contribution is 0.0648. The zero-order valence-corrected chi connectivity index (χ0v) is 19.2. The van der Waals surface area contributed by atoms with Crippen LogP contribution in [0.5, 0.6) is 5.75 Å². The molecule has 1 fully saturated rings. The third kappa shape index (κ3) is 5.52. The molecular weight excluding hydrogens is 398 g/mol. The van der Waals surface area contributed by atoms with Gasteiger partial charge < -0.3 is 9.84 Å². The Bertz CT molecular complexity index is 896. The molecule has 0 saturated carbocycles. The standard InChI is InChI=1S/C27H37N3O2/c31-26(20-29-13-10-23-6-2-3-7-24(23)18-29)21-30-14-15-32-27-16-22(8-9-25(27)19-30)17-28-11-4-1-5-12-28/h2-3,6-9,16,26,31H,1,4-5,10-15,17-21H2/t26-/m1/s1. The van der Waals surface area contributed by atoms with E-state index >= 15 is 0 Å². The third-order valence-corrected chi connectivity index (χ3v) is 7.19. The third-order valence-electron chi connectivity index (χ3n) is 7.19. The van der Waals surface area contributed by atoms with Crippen LogP contribution in [0.4, 0.5) is 0 Å². The molecular formula is C27H37N3O2. The van der Waals surface area contributed by atoms with Gasteiger partial charge in [-0.25, -0.2) is 0 Å². The fourth-order valence-corrected chi connectivity index (χ4v) is 5.46. The molecule has 0 amide bonds. The molecule has 172 valence electrons. The van der Waals surface area contributed by atoms with Crippen LogP contribution in [0.3, 0.4) is 0 Å². The summed E-state index contributed by atoms with van der Waals surface area (Å²) < 4.78 is 6.13. The van der Waals surface area contributed by atoms with Crippen molar-refractivity contribution in [3.05, 3.63) is 64.7 Å². The number of aliphatic hydroxyl groups excluding tert-OH is 1. The maximum absolute atomic E-state index is 10.8. The molecule has 3 heterocycles. The predicted octanol–water partition coefficient (Wildman–Crippen LogP) is 3.29. The Morgan fingerprint density at radius 1 is 0.781 bits per heavy atom. The summed E-state index contributed by atoms with van der Waals surface area (Å²) in [5.74, 6) is 1.03. The first-order valence-electron chi connectivity index (χ1n) is 12.4. The molecule has 0 radical (unpaired) electrons. The first-order valence-corrected chi connectivity index (χ1v) is 12.4. The predicted molar refractivity (Wildman–Crippen MR) is 128 cm³/mol. The van der Waals surface area contributed by atoms with E-state index in [1.165, 1.54) is 54.6 Å². The van der Waals surface area contributed by atoms with Gasteiger partial charge in [0, 0.05) is 51.4 Å². The summed E-state index contributed by atoms with van der Waals surface area (Å²) in [6.45, 7) is 9.23. The van der Waals surface area contributed by atoms with Crippen LogP contribution in [0.2, 0.25) is 0 Å². The summed E-state index contributed by atoms with van der Waals surface area (Å²) in [7, 11) is 0. The van der Waals surface area contributed by atoms with Gasteiger partial charge in [-0.1, -0.05) is 42.8 Å². The number of likely N-dealkylation sites (tertiary alicyclic amines) is 1. The topological polar surface area (TPSA) is 39.2 Å². The molecule has 1 atom stereocenters. The van der Waals surface area contributed by atoms with Crippen molar-refractivity contribution in [2.75, 3.05) is 45.9 Å². The number of hydrogen-bond donors (Lipinski definition) is 1. The molecule has 5 rings (SSSR count). The molecule has 5 heteroatoms. The number of β-amino-alcohol motifs (C(OH)–C–C–N with tert-alkyl or cyclic N) is 1. The molecule has 32 heavy (non-hydrogen) atoms. The highest BCUT2D eigenvalue weighted by Gasteiger charge is 2.22. The summed E-state index contributed by atoms with van der Waals surface area (Å²) in [5, 5.41) is 10.8. The monoisotopic (exact) mass is 435 g/mol. The van der Waals surface area contributed by atoms with Crippen molar-refractivity contribution in [3.63, 3.8) is 0 Å². The summed E-state index contributed by atoms with van der Waals surface area (Å²) >= 11 is 0. The van der Waals surface area contributed by atoms with E-state index < -0.39 is 0 Å². The Labute approximate surface area is 192 Å². The average molecular weight is 436 g/mol. The number of benzene rings is 2. The molecule has 0 bridgehead atoms. The normalized spacial score (nSPS) is 21.3.